The predicted octanol–water partition coefficient (Wildman–Crippen LogP) is 3.26. The largest absolute Gasteiger partial charge is 0.482 e. The number of aromatic nitrogens is 1. The van der Waals surface area contributed by atoms with E-state index in [1.807, 2.05) is 30.5 Å². The molecule has 27 heavy (non-hydrogen) atoms. The summed E-state index contributed by atoms with van der Waals surface area (Å²) in [4.78, 5) is 29.4. The Morgan fingerprint density at radius 2 is 2.15 bits per heavy atom. The van der Waals surface area contributed by atoms with Gasteiger partial charge in [0.05, 0.1) is 12.1 Å². The fourth-order valence-corrected chi connectivity index (χ4v) is 3.27. The van der Waals surface area contributed by atoms with Crippen molar-refractivity contribution in [2.45, 2.75) is 6.42 Å². The zero-order valence-corrected chi connectivity index (χ0v) is 14.7. The number of ether oxygens (including phenoxy) is 1. The smallest absolute Gasteiger partial charge is 0.265 e. The first-order valence-corrected chi connectivity index (χ1v) is 8.68. The number of nitrogens with zero attached hydrogens (tertiary/aromatic N) is 1. The molecular formula is C21H19N3O3. The van der Waals surface area contributed by atoms with Gasteiger partial charge >= 0.3 is 0 Å². The molecule has 6 heteroatoms. The lowest BCUT2D eigenvalue weighted by atomic mass is 10.1. The van der Waals surface area contributed by atoms with Crippen LogP contribution in [0.3, 0.4) is 0 Å². The minimum atomic E-state index is -0.135. The number of carbonyl (C=O) groups is 2. The van der Waals surface area contributed by atoms with Gasteiger partial charge in [0.25, 0.3) is 5.91 Å². The van der Waals surface area contributed by atoms with Gasteiger partial charge in [-0.25, -0.2) is 0 Å². The van der Waals surface area contributed by atoms with E-state index in [0.717, 1.165) is 16.5 Å². The van der Waals surface area contributed by atoms with Crippen molar-refractivity contribution >= 4 is 34.1 Å². The first-order valence-electron chi connectivity index (χ1n) is 8.68. The minimum absolute atomic E-state index is 0.00705. The summed E-state index contributed by atoms with van der Waals surface area (Å²) in [5.74, 6) is 0.355. The van der Waals surface area contributed by atoms with E-state index in [-0.39, 0.29) is 24.8 Å². The molecule has 0 unspecified atom stereocenters. The number of nitrogens with one attached hydrogen (secondary N) is 2. The van der Waals surface area contributed by atoms with Crippen LogP contribution in [0.25, 0.3) is 10.9 Å². The lowest BCUT2D eigenvalue weighted by Gasteiger charge is -2.28. The summed E-state index contributed by atoms with van der Waals surface area (Å²) >= 11 is 0. The van der Waals surface area contributed by atoms with E-state index < -0.39 is 0 Å². The Balaban J connectivity index is 1.53. The molecule has 2 amide bonds. The van der Waals surface area contributed by atoms with E-state index in [1.54, 1.807) is 29.2 Å². The lowest BCUT2D eigenvalue weighted by molar-refractivity contribution is -0.121. The average molecular weight is 361 g/mol. The number of rotatable bonds is 5. The normalized spacial score (nSPS) is 13.2. The molecule has 3 aromatic rings. The zero-order chi connectivity index (χ0) is 18.8. The first kappa shape index (κ1) is 16.9. The van der Waals surface area contributed by atoms with E-state index in [4.69, 9.17) is 4.74 Å². The highest BCUT2D eigenvalue weighted by molar-refractivity contribution is 6.00. The molecule has 2 aromatic carbocycles. The van der Waals surface area contributed by atoms with Crippen LogP contribution in [-0.2, 0) is 16.0 Å². The standard InChI is InChI=1S/C21H19N3O3/c1-2-9-24-18-11-15(7-8-19(18)27-13-21(24)26)23-20(25)10-14-12-22-17-6-4-3-5-16(14)17/h2-8,11-12,22H,1,9-10,13H2,(H,23,25). The van der Waals surface area contributed by atoms with Crippen LogP contribution in [0, 0.1) is 0 Å². The summed E-state index contributed by atoms with van der Waals surface area (Å²) in [6.45, 7) is 4.09. The quantitative estimate of drug-likeness (QED) is 0.685. The van der Waals surface area contributed by atoms with Crippen molar-refractivity contribution < 1.29 is 14.3 Å². The third-order valence-electron chi connectivity index (χ3n) is 4.52. The molecule has 136 valence electrons. The van der Waals surface area contributed by atoms with Crippen molar-refractivity contribution in [3.8, 4) is 5.75 Å². The Hall–Kier alpha value is -3.54. The molecule has 2 heterocycles. The molecule has 1 aliphatic heterocycles. The van der Waals surface area contributed by atoms with Crippen LogP contribution in [0.5, 0.6) is 5.75 Å². The number of para-hydroxylation sites is 1. The molecule has 0 saturated heterocycles. The number of hydrogen-bond acceptors (Lipinski definition) is 3. The van der Waals surface area contributed by atoms with Crippen molar-refractivity contribution in [1.29, 1.82) is 0 Å². The maximum absolute atomic E-state index is 12.5. The Bertz CT molecular complexity index is 1040. The SMILES string of the molecule is C=CCN1C(=O)COc2ccc(NC(=O)Cc3c[nH]c4ccccc34)cc21. The maximum Gasteiger partial charge on any atom is 0.265 e. The summed E-state index contributed by atoms with van der Waals surface area (Å²) in [6, 6.07) is 13.2. The molecule has 4 rings (SSSR count). The van der Waals surface area contributed by atoms with E-state index in [9.17, 15) is 9.59 Å². The predicted molar refractivity (Wildman–Crippen MR) is 105 cm³/mol. The number of fused-ring (bicyclic) bond motifs is 2. The molecule has 2 N–H and O–H groups in total. The van der Waals surface area contributed by atoms with Crippen LogP contribution in [0.1, 0.15) is 5.56 Å². The zero-order valence-electron chi connectivity index (χ0n) is 14.7. The van der Waals surface area contributed by atoms with Gasteiger partial charge in [0.2, 0.25) is 5.91 Å². The van der Waals surface area contributed by atoms with Gasteiger partial charge in [0.15, 0.2) is 6.61 Å². The molecule has 0 spiro atoms. The van der Waals surface area contributed by atoms with Crippen molar-refractivity contribution in [3.63, 3.8) is 0 Å². The third-order valence-corrected chi connectivity index (χ3v) is 4.52. The van der Waals surface area contributed by atoms with E-state index in [0.29, 0.717) is 23.7 Å². The molecule has 1 aliphatic rings. The summed E-state index contributed by atoms with van der Waals surface area (Å²) in [7, 11) is 0. The van der Waals surface area contributed by atoms with E-state index in [1.165, 1.54) is 0 Å². The Kier molecular flexibility index (Phi) is 4.38. The summed E-state index contributed by atoms with van der Waals surface area (Å²) in [5, 5.41) is 3.94. The van der Waals surface area contributed by atoms with E-state index in [2.05, 4.69) is 16.9 Å². The highest BCUT2D eigenvalue weighted by Crippen LogP contribution is 2.34. The average Bonchev–Trinajstić information content (AvgIpc) is 3.07. The lowest BCUT2D eigenvalue weighted by Crippen LogP contribution is -2.38. The minimum Gasteiger partial charge on any atom is -0.482 e. The van der Waals surface area contributed by atoms with Crippen molar-refractivity contribution in [2.24, 2.45) is 0 Å². The van der Waals surface area contributed by atoms with Crippen LogP contribution >= 0.6 is 0 Å². The number of anilines is 2. The first-order chi connectivity index (χ1) is 13.2. The van der Waals surface area contributed by atoms with Gasteiger partial charge in [0.1, 0.15) is 5.75 Å². The van der Waals surface area contributed by atoms with Crippen LogP contribution < -0.4 is 15.0 Å². The van der Waals surface area contributed by atoms with Gasteiger partial charge in [-0.3, -0.25) is 9.59 Å². The monoisotopic (exact) mass is 361 g/mol. The summed E-state index contributed by atoms with van der Waals surface area (Å²) < 4.78 is 5.46. The van der Waals surface area contributed by atoms with Crippen LogP contribution in [-0.4, -0.2) is 29.9 Å². The van der Waals surface area contributed by atoms with Crippen LogP contribution in [0.4, 0.5) is 11.4 Å². The van der Waals surface area contributed by atoms with Gasteiger partial charge in [-0.1, -0.05) is 24.3 Å². The highest BCUT2D eigenvalue weighted by atomic mass is 16.5. The Labute approximate surface area is 156 Å². The number of aromatic amines is 1. The molecule has 0 fully saturated rings. The number of hydrogen-bond donors (Lipinski definition) is 2. The second-order valence-corrected chi connectivity index (χ2v) is 6.35. The second kappa shape index (κ2) is 6.99. The maximum atomic E-state index is 12.5. The van der Waals surface area contributed by atoms with Crippen LogP contribution in [0.15, 0.2) is 61.3 Å². The molecule has 6 nitrogen and oxygen atoms in total. The van der Waals surface area contributed by atoms with Gasteiger partial charge < -0.3 is 19.9 Å². The molecule has 0 bridgehead atoms. The molecule has 0 aliphatic carbocycles. The summed E-state index contributed by atoms with van der Waals surface area (Å²) in [6.07, 6.45) is 3.78. The highest BCUT2D eigenvalue weighted by Gasteiger charge is 2.25. The van der Waals surface area contributed by atoms with Gasteiger partial charge in [-0.05, 0) is 29.8 Å². The Morgan fingerprint density at radius 1 is 1.30 bits per heavy atom. The van der Waals surface area contributed by atoms with E-state index >= 15 is 0 Å². The molecule has 0 saturated carbocycles. The number of benzene rings is 2. The van der Waals surface area contributed by atoms with Crippen LogP contribution in [0.2, 0.25) is 0 Å². The van der Waals surface area contributed by atoms with Crippen molar-refractivity contribution in [2.75, 3.05) is 23.4 Å². The van der Waals surface area contributed by atoms with Gasteiger partial charge in [-0.2, -0.15) is 0 Å². The number of carbonyl (C=O) groups excluding carboxylic acids is 2. The molecule has 1 aromatic heterocycles. The summed E-state index contributed by atoms with van der Waals surface area (Å²) in [5.41, 5.74) is 3.19. The van der Waals surface area contributed by atoms with Gasteiger partial charge in [-0.15, -0.1) is 6.58 Å². The fraction of sp³-hybridized carbons (Fsp3) is 0.143. The molecule has 0 radical (unpaired) electrons. The third kappa shape index (κ3) is 3.29. The molecule has 0 atom stereocenters. The Morgan fingerprint density at radius 3 is 3.00 bits per heavy atom. The van der Waals surface area contributed by atoms with Crippen molar-refractivity contribution in [3.05, 3.63) is 66.9 Å². The fourth-order valence-electron chi connectivity index (χ4n) is 3.27. The second-order valence-electron chi connectivity index (χ2n) is 6.35. The molecular weight excluding hydrogens is 342 g/mol. The van der Waals surface area contributed by atoms with Crippen molar-refractivity contribution in [1.82, 2.24) is 4.98 Å². The number of H-pyrrole nitrogens is 1. The number of amides is 2. The topological polar surface area (TPSA) is 74.4 Å². The van der Waals surface area contributed by atoms with Gasteiger partial charge in [0, 0.05) is 29.3 Å².